The maximum Gasteiger partial charge on any atom is 0.162 e. The van der Waals surface area contributed by atoms with Gasteiger partial charge in [-0.15, -0.1) is 5.10 Å². The fourth-order valence-corrected chi connectivity index (χ4v) is 0.882. The molecule has 0 atom stereocenters. The lowest BCUT2D eigenvalue weighted by Gasteiger charge is -1.96. The summed E-state index contributed by atoms with van der Waals surface area (Å²) in [6, 6.07) is 1.83. The highest BCUT2D eigenvalue weighted by molar-refractivity contribution is 9.10. The van der Waals surface area contributed by atoms with Crippen LogP contribution in [0.1, 0.15) is 0 Å². The summed E-state index contributed by atoms with van der Waals surface area (Å²) in [5.41, 5.74) is 0. The van der Waals surface area contributed by atoms with Gasteiger partial charge in [-0.25, -0.2) is 0 Å². The van der Waals surface area contributed by atoms with Crippen molar-refractivity contribution in [2.45, 2.75) is 0 Å². The molecular formula is C5H6BrN3. The minimum Gasteiger partial charge on any atom is -0.371 e. The summed E-state index contributed by atoms with van der Waals surface area (Å²) in [5, 5.41) is 10.3. The van der Waals surface area contributed by atoms with E-state index in [1.807, 2.05) is 6.07 Å². The Hall–Kier alpha value is -0.640. The van der Waals surface area contributed by atoms with Crippen molar-refractivity contribution in [2.75, 3.05) is 12.4 Å². The molecule has 0 fully saturated rings. The van der Waals surface area contributed by atoms with Gasteiger partial charge in [-0.2, -0.15) is 5.10 Å². The predicted octanol–water partition coefficient (Wildman–Crippen LogP) is 1.28. The maximum absolute atomic E-state index is 3.79. The van der Waals surface area contributed by atoms with E-state index in [1.165, 1.54) is 0 Å². The van der Waals surface area contributed by atoms with Gasteiger partial charge in [0.05, 0.1) is 10.7 Å². The van der Waals surface area contributed by atoms with Crippen LogP contribution in [0.25, 0.3) is 0 Å². The Balaban J connectivity index is 3.01. The molecule has 0 unspecified atom stereocenters. The Morgan fingerprint density at radius 3 is 2.89 bits per heavy atom. The lowest BCUT2D eigenvalue weighted by atomic mass is 10.5. The van der Waals surface area contributed by atoms with E-state index < -0.39 is 0 Å². The van der Waals surface area contributed by atoms with E-state index in [4.69, 9.17) is 0 Å². The molecule has 0 amide bonds. The molecule has 3 nitrogen and oxygen atoms in total. The van der Waals surface area contributed by atoms with E-state index in [-0.39, 0.29) is 0 Å². The fourth-order valence-electron chi connectivity index (χ4n) is 0.486. The summed E-state index contributed by atoms with van der Waals surface area (Å²) >= 11 is 3.29. The molecule has 1 heterocycles. The van der Waals surface area contributed by atoms with Gasteiger partial charge in [-0.1, -0.05) is 0 Å². The van der Waals surface area contributed by atoms with Crippen molar-refractivity contribution in [1.82, 2.24) is 10.2 Å². The summed E-state index contributed by atoms with van der Waals surface area (Å²) in [4.78, 5) is 0. The minimum absolute atomic E-state index is 0.762. The Bertz CT molecular complexity index is 201. The van der Waals surface area contributed by atoms with Crippen LogP contribution < -0.4 is 5.32 Å². The molecule has 1 N–H and O–H groups in total. The van der Waals surface area contributed by atoms with Gasteiger partial charge < -0.3 is 5.32 Å². The molecule has 0 aliphatic carbocycles. The smallest absolute Gasteiger partial charge is 0.162 e. The number of anilines is 1. The van der Waals surface area contributed by atoms with Crippen LogP contribution in [-0.4, -0.2) is 17.2 Å². The molecule has 4 heteroatoms. The molecule has 0 saturated heterocycles. The van der Waals surface area contributed by atoms with Crippen LogP contribution in [-0.2, 0) is 0 Å². The highest BCUT2D eigenvalue weighted by Gasteiger charge is 1.93. The van der Waals surface area contributed by atoms with Crippen LogP contribution in [0.15, 0.2) is 16.7 Å². The van der Waals surface area contributed by atoms with Crippen molar-refractivity contribution in [3.05, 3.63) is 16.7 Å². The SMILES string of the molecule is CNc1nnccc1Br. The maximum atomic E-state index is 3.79. The third-order valence-corrected chi connectivity index (χ3v) is 1.55. The van der Waals surface area contributed by atoms with Gasteiger partial charge in [0.1, 0.15) is 0 Å². The van der Waals surface area contributed by atoms with E-state index in [9.17, 15) is 0 Å². The zero-order valence-electron chi connectivity index (χ0n) is 4.93. The second kappa shape index (κ2) is 2.77. The fraction of sp³-hybridized carbons (Fsp3) is 0.200. The number of hydrogen-bond donors (Lipinski definition) is 1. The van der Waals surface area contributed by atoms with Crippen LogP contribution in [0.2, 0.25) is 0 Å². The highest BCUT2D eigenvalue weighted by atomic mass is 79.9. The van der Waals surface area contributed by atoms with Gasteiger partial charge in [-0.05, 0) is 22.0 Å². The third kappa shape index (κ3) is 1.38. The van der Waals surface area contributed by atoms with Gasteiger partial charge >= 0.3 is 0 Å². The van der Waals surface area contributed by atoms with E-state index in [0.29, 0.717) is 0 Å². The topological polar surface area (TPSA) is 37.8 Å². The first-order valence-electron chi connectivity index (χ1n) is 2.49. The van der Waals surface area contributed by atoms with Gasteiger partial charge in [0, 0.05) is 7.05 Å². The molecule has 0 spiro atoms. The number of rotatable bonds is 1. The van der Waals surface area contributed by atoms with Crippen molar-refractivity contribution in [2.24, 2.45) is 0 Å². The minimum atomic E-state index is 0.762. The second-order valence-electron chi connectivity index (χ2n) is 1.48. The molecule has 0 aliphatic heterocycles. The molecule has 1 rings (SSSR count). The Morgan fingerprint density at radius 2 is 2.44 bits per heavy atom. The Kier molecular flexibility index (Phi) is 2.00. The van der Waals surface area contributed by atoms with Crippen molar-refractivity contribution in [3.63, 3.8) is 0 Å². The molecule has 48 valence electrons. The first-order chi connectivity index (χ1) is 4.34. The molecule has 9 heavy (non-hydrogen) atoms. The monoisotopic (exact) mass is 187 g/mol. The van der Waals surface area contributed by atoms with Crippen molar-refractivity contribution in [3.8, 4) is 0 Å². The summed E-state index contributed by atoms with van der Waals surface area (Å²) in [7, 11) is 1.80. The molecule has 0 radical (unpaired) electrons. The normalized spacial score (nSPS) is 9.11. The van der Waals surface area contributed by atoms with Crippen LogP contribution in [0.4, 0.5) is 5.82 Å². The van der Waals surface area contributed by atoms with Gasteiger partial charge in [-0.3, -0.25) is 0 Å². The van der Waals surface area contributed by atoms with Gasteiger partial charge in [0.25, 0.3) is 0 Å². The number of hydrogen-bond acceptors (Lipinski definition) is 3. The average Bonchev–Trinajstić information content (AvgIpc) is 1.89. The standard InChI is InChI=1S/C5H6BrN3/c1-7-5-4(6)2-3-8-9-5/h2-3H,1H3,(H,7,9). The molecule has 0 saturated carbocycles. The molecular weight excluding hydrogens is 182 g/mol. The van der Waals surface area contributed by atoms with E-state index in [1.54, 1.807) is 13.2 Å². The van der Waals surface area contributed by atoms with E-state index in [2.05, 4.69) is 31.4 Å². The first kappa shape index (κ1) is 6.48. The summed E-state index contributed by atoms with van der Waals surface area (Å²) in [6.45, 7) is 0. The molecule has 0 bridgehead atoms. The Morgan fingerprint density at radius 1 is 1.67 bits per heavy atom. The zero-order chi connectivity index (χ0) is 6.69. The number of aromatic nitrogens is 2. The van der Waals surface area contributed by atoms with Crippen LogP contribution in [0.5, 0.6) is 0 Å². The summed E-state index contributed by atoms with van der Waals surface area (Å²) in [5.74, 6) is 0.762. The van der Waals surface area contributed by atoms with Crippen LogP contribution >= 0.6 is 15.9 Å². The van der Waals surface area contributed by atoms with Gasteiger partial charge in [0.15, 0.2) is 5.82 Å². The van der Waals surface area contributed by atoms with E-state index >= 15 is 0 Å². The second-order valence-corrected chi connectivity index (χ2v) is 2.33. The van der Waals surface area contributed by atoms with Gasteiger partial charge in [0.2, 0.25) is 0 Å². The molecule has 1 aromatic rings. The highest BCUT2D eigenvalue weighted by Crippen LogP contribution is 2.15. The third-order valence-electron chi connectivity index (χ3n) is 0.908. The van der Waals surface area contributed by atoms with E-state index in [0.717, 1.165) is 10.3 Å². The molecule has 0 aromatic carbocycles. The predicted molar refractivity (Wildman–Crippen MR) is 39.3 cm³/mol. The Labute approximate surface area is 61.6 Å². The lowest BCUT2D eigenvalue weighted by molar-refractivity contribution is 1.02. The first-order valence-corrected chi connectivity index (χ1v) is 3.29. The van der Waals surface area contributed by atoms with Crippen molar-refractivity contribution in [1.29, 1.82) is 0 Å². The lowest BCUT2D eigenvalue weighted by Crippen LogP contribution is -1.93. The van der Waals surface area contributed by atoms with Crippen LogP contribution in [0.3, 0.4) is 0 Å². The number of nitrogens with one attached hydrogen (secondary N) is 1. The number of halogens is 1. The number of nitrogens with zero attached hydrogens (tertiary/aromatic N) is 2. The molecule has 0 aliphatic rings. The summed E-state index contributed by atoms with van der Waals surface area (Å²) in [6.07, 6.45) is 1.63. The molecule has 1 aromatic heterocycles. The largest absolute Gasteiger partial charge is 0.371 e. The average molecular weight is 188 g/mol. The quantitative estimate of drug-likeness (QED) is 0.721. The van der Waals surface area contributed by atoms with Crippen LogP contribution in [0, 0.1) is 0 Å². The van der Waals surface area contributed by atoms with Crippen molar-refractivity contribution >= 4 is 21.7 Å². The zero-order valence-corrected chi connectivity index (χ0v) is 6.51. The van der Waals surface area contributed by atoms with Crippen molar-refractivity contribution < 1.29 is 0 Å². The summed E-state index contributed by atoms with van der Waals surface area (Å²) < 4.78 is 0.931.